The quantitative estimate of drug-likeness (QED) is 0.389. The van der Waals surface area contributed by atoms with E-state index in [1.165, 1.54) is 11.8 Å². The standard InChI is InChI=1S/C19H17ClN6O2S/c1-27-11-10-26-18(14-6-8-21-9-7-14)23-24-19(26)29-12-16-22-17(25-28-16)13-2-4-15(20)5-3-13/h2-9H,10-12H2,1H3. The van der Waals surface area contributed by atoms with Gasteiger partial charge in [0.1, 0.15) is 0 Å². The second kappa shape index (κ2) is 9.17. The van der Waals surface area contributed by atoms with E-state index in [-0.39, 0.29) is 0 Å². The van der Waals surface area contributed by atoms with Crippen molar-refractivity contribution in [2.45, 2.75) is 17.5 Å². The molecule has 0 N–H and O–H groups in total. The molecule has 1 aromatic carbocycles. The first kappa shape index (κ1) is 19.6. The highest BCUT2D eigenvalue weighted by atomic mass is 35.5. The minimum absolute atomic E-state index is 0.474. The summed E-state index contributed by atoms with van der Waals surface area (Å²) in [5.41, 5.74) is 1.79. The molecule has 0 fully saturated rings. The number of aromatic nitrogens is 6. The lowest BCUT2D eigenvalue weighted by Gasteiger charge is -2.08. The highest BCUT2D eigenvalue weighted by Gasteiger charge is 2.16. The molecule has 4 aromatic rings. The van der Waals surface area contributed by atoms with Crippen LogP contribution < -0.4 is 0 Å². The van der Waals surface area contributed by atoms with Crippen molar-refractivity contribution in [2.75, 3.05) is 13.7 Å². The molecule has 0 unspecified atom stereocenters. The van der Waals surface area contributed by atoms with E-state index in [1.807, 2.05) is 28.8 Å². The molecule has 0 aliphatic rings. The Labute approximate surface area is 176 Å². The molecule has 0 aliphatic heterocycles. The summed E-state index contributed by atoms with van der Waals surface area (Å²) in [6.07, 6.45) is 3.46. The minimum Gasteiger partial charge on any atom is -0.383 e. The highest BCUT2D eigenvalue weighted by molar-refractivity contribution is 7.98. The van der Waals surface area contributed by atoms with E-state index in [9.17, 15) is 0 Å². The molecule has 0 saturated carbocycles. The summed E-state index contributed by atoms with van der Waals surface area (Å²) in [5.74, 6) is 2.27. The topological polar surface area (TPSA) is 91.8 Å². The van der Waals surface area contributed by atoms with E-state index < -0.39 is 0 Å². The zero-order chi connectivity index (χ0) is 20.1. The number of benzene rings is 1. The number of hydrogen-bond donors (Lipinski definition) is 0. The van der Waals surface area contributed by atoms with Crippen molar-refractivity contribution in [2.24, 2.45) is 0 Å². The fraction of sp³-hybridized carbons (Fsp3) is 0.211. The summed E-state index contributed by atoms with van der Waals surface area (Å²) in [5, 5.41) is 14.1. The van der Waals surface area contributed by atoms with Crippen LogP contribution in [0.3, 0.4) is 0 Å². The van der Waals surface area contributed by atoms with Crippen LogP contribution >= 0.6 is 23.4 Å². The van der Waals surface area contributed by atoms with Crippen LogP contribution in [0.5, 0.6) is 0 Å². The SMILES string of the molecule is COCCn1c(SCc2nc(-c3ccc(Cl)cc3)no2)nnc1-c1ccncc1. The van der Waals surface area contributed by atoms with Crippen LogP contribution in [0, 0.1) is 0 Å². The number of methoxy groups -OCH3 is 1. The van der Waals surface area contributed by atoms with E-state index in [0.717, 1.165) is 22.1 Å². The smallest absolute Gasteiger partial charge is 0.237 e. The first-order valence-electron chi connectivity index (χ1n) is 8.78. The number of pyridine rings is 1. The van der Waals surface area contributed by atoms with Crippen molar-refractivity contribution in [3.05, 3.63) is 59.7 Å². The van der Waals surface area contributed by atoms with Crippen molar-refractivity contribution in [1.82, 2.24) is 29.9 Å². The van der Waals surface area contributed by atoms with Crippen molar-refractivity contribution in [3.63, 3.8) is 0 Å². The first-order valence-corrected chi connectivity index (χ1v) is 10.1. The lowest BCUT2D eigenvalue weighted by molar-refractivity contribution is 0.185. The summed E-state index contributed by atoms with van der Waals surface area (Å²) in [7, 11) is 1.67. The van der Waals surface area contributed by atoms with E-state index in [0.29, 0.717) is 35.6 Å². The highest BCUT2D eigenvalue weighted by Crippen LogP contribution is 2.27. The third kappa shape index (κ3) is 4.64. The number of hydrogen-bond acceptors (Lipinski definition) is 8. The molecule has 0 atom stereocenters. The zero-order valence-corrected chi connectivity index (χ0v) is 17.1. The molecule has 148 valence electrons. The van der Waals surface area contributed by atoms with Crippen LogP contribution in [0.25, 0.3) is 22.8 Å². The van der Waals surface area contributed by atoms with Gasteiger partial charge in [0.15, 0.2) is 11.0 Å². The second-order valence-electron chi connectivity index (χ2n) is 5.99. The van der Waals surface area contributed by atoms with Crippen LogP contribution in [-0.4, -0.2) is 43.6 Å². The molecule has 0 saturated heterocycles. The third-order valence-electron chi connectivity index (χ3n) is 4.07. The molecule has 3 aromatic heterocycles. The van der Waals surface area contributed by atoms with Gasteiger partial charge in [0.05, 0.1) is 18.9 Å². The molecule has 0 spiro atoms. The average molecular weight is 429 g/mol. The molecular weight excluding hydrogens is 412 g/mol. The Balaban J connectivity index is 1.51. The Hall–Kier alpha value is -2.75. The van der Waals surface area contributed by atoms with Gasteiger partial charge in [-0.15, -0.1) is 10.2 Å². The van der Waals surface area contributed by atoms with Crippen LogP contribution in [0.15, 0.2) is 58.5 Å². The Morgan fingerprint density at radius 3 is 2.62 bits per heavy atom. The summed E-state index contributed by atoms with van der Waals surface area (Å²) < 4.78 is 12.6. The molecular formula is C19H17ClN6O2S. The molecule has 3 heterocycles. The van der Waals surface area contributed by atoms with Gasteiger partial charge >= 0.3 is 0 Å². The van der Waals surface area contributed by atoms with Crippen LogP contribution in [0.4, 0.5) is 0 Å². The lowest BCUT2D eigenvalue weighted by Crippen LogP contribution is -2.07. The normalized spacial score (nSPS) is 11.1. The molecule has 0 amide bonds. The molecule has 0 radical (unpaired) electrons. The number of rotatable bonds is 8. The molecule has 0 bridgehead atoms. The summed E-state index contributed by atoms with van der Waals surface area (Å²) in [6.45, 7) is 1.17. The van der Waals surface area contributed by atoms with Gasteiger partial charge in [-0.05, 0) is 36.4 Å². The van der Waals surface area contributed by atoms with Crippen LogP contribution in [0.1, 0.15) is 5.89 Å². The maximum absolute atomic E-state index is 5.92. The van der Waals surface area contributed by atoms with E-state index in [2.05, 4.69) is 25.3 Å². The van der Waals surface area contributed by atoms with Gasteiger partial charge in [0.25, 0.3) is 0 Å². The van der Waals surface area contributed by atoms with Crippen LogP contribution in [-0.2, 0) is 17.0 Å². The van der Waals surface area contributed by atoms with E-state index in [1.54, 1.807) is 31.6 Å². The molecule has 0 aliphatic carbocycles. The second-order valence-corrected chi connectivity index (χ2v) is 7.37. The van der Waals surface area contributed by atoms with Gasteiger partial charge in [-0.2, -0.15) is 4.98 Å². The van der Waals surface area contributed by atoms with Gasteiger partial charge in [-0.25, -0.2) is 0 Å². The van der Waals surface area contributed by atoms with Crippen molar-refractivity contribution >= 4 is 23.4 Å². The fourth-order valence-electron chi connectivity index (χ4n) is 2.65. The zero-order valence-electron chi connectivity index (χ0n) is 15.5. The van der Waals surface area contributed by atoms with Gasteiger partial charge in [0.2, 0.25) is 11.7 Å². The predicted octanol–water partition coefficient (Wildman–Crippen LogP) is 3.98. The maximum Gasteiger partial charge on any atom is 0.237 e. The number of halogens is 1. The number of ether oxygens (including phenoxy) is 1. The summed E-state index contributed by atoms with van der Waals surface area (Å²) in [4.78, 5) is 8.51. The number of nitrogens with zero attached hydrogens (tertiary/aromatic N) is 6. The monoisotopic (exact) mass is 428 g/mol. The van der Waals surface area contributed by atoms with Crippen LogP contribution in [0.2, 0.25) is 5.02 Å². The lowest BCUT2D eigenvalue weighted by atomic mass is 10.2. The summed E-state index contributed by atoms with van der Waals surface area (Å²) >= 11 is 7.40. The largest absolute Gasteiger partial charge is 0.383 e. The van der Waals surface area contributed by atoms with Crippen molar-refractivity contribution in [3.8, 4) is 22.8 Å². The predicted molar refractivity (Wildman–Crippen MR) is 109 cm³/mol. The first-order chi connectivity index (χ1) is 14.2. The average Bonchev–Trinajstić information content (AvgIpc) is 3.39. The van der Waals surface area contributed by atoms with Gasteiger partial charge in [-0.3, -0.25) is 9.55 Å². The Kier molecular flexibility index (Phi) is 6.18. The molecule has 10 heteroatoms. The van der Waals surface area contributed by atoms with E-state index >= 15 is 0 Å². The minimum atomic E-state index is 0.474. The number of thioether (sulfide) groups is 1. The maximum atomic E-state index is 5.92. The van der Waals surface area contributed by atoms with Crippen molar-refractivity contribution < 1.29 is 9.26 Å². The summed E-state index contributed by atoms with van der Waals surface area (Å²) in [6, 6.07) is 11.1. The molecule has 8 nitrogen and oxygen atoms in total. The van der Waals surface area contributed by atoms with Gasteiger partial charge < -0.3 is 9.26 Å². The molecule has 4 rings (SSSR count). The third-order valence-corrected chi connectivity index (χ3v) is 5.27. The fourth-order valence-corrected chi connectivity index (χ4v) is 3.58. The Morgan fingerprint density at radius 2 is 1.86 bits per heavy atom. The van der Waals surface area contributed by atoms with Gasteiger partial charge in [0, 0.05) is 35.7 Å². The molecule has 29 heavy (non-hydrogen) atoms. The Bertz CT molecular complexity index is 1070. The van der Waals surface area contributed by atoms with E-state index in [4.69, 9.17) is 20.9 Å². The van der Waals surface area contributed by atoms with Gasteiger partial charge in [-0.1, -0.05) is 28.5 Å². The Morgan fingerprint density at radius 1 is 1.07 bits per heavy atom. The van der Waals surface area contributed by atoms with Crippen molar-refractivity contribution in [1.29, 1.82) is 0 Å².